The van der Waals surface area contributed by atoms with E-state index in [1.54, 1.807) is 7.11 Å². The number of nitrogens with zero attached hydrogens (tertiary/aromatic N) is 2. The van der Waals surface area contributed by atoms with Crippen molar-refractivity contribution in [3.63, 3.8) is 0 Å². The van der Waals surface area contributed by atoms with Crippen molar-refractivity contribution in [3.8, 4) is 6.07 Å². The van der Waals surface area contributed by atoms with Gasteiger partial charge in [-0.05, 0) is 32.7 Å². The molecule has 0 aromatic heterocycles. The van der Waals surface area contributed by atoms with Crippen LogP contribution in [0.3, 0.4) is 0 Å². The van der Waals surface area contributed by atoms with Crippen LogP contribution in [0.5, 0.6) is 0 Å². The zero-order valence-electron chi connectivity index (χ0n) is 11.3. The summed E-state index contributed by atoms with van der Waals surface area (Å²) in [6, 6.07) is 2.38. The van der Waals surface area contributed by atoms with Gasteiger partial charge in [0, 0.05) is 26.7 Å². The van der Waals surface area contributed by atoms with Crippen molar-refractivity contribution >= 4 is 0 Å². The zero-order chi connectivity index (χ0) is 12.7. The largest absolute Gasteiger partial charge is 0.381 e. The Morgan fingerprint density at radius 3 is 2.59 bits per heavy atom. The summed E-state index contributed by atoms with van der Waals surface area (Å²) >= 11 is 0. The minimum Gasteiger partial charge on any atom is -0.381 e. The molecule has 0 aromatic carbocycles. The number of piperidine rings is 1. The van der Waals surface area contributed by atoms with Crippen LogP contribution in [0, 0.1) is 11.3 Å². The number of nitriles is 1. The molecule has 0 radical (unpaired) electrons. The van der Waals surface area contributed by atoms with Crippen molar-refractivity contribution in [1.82, 2.24) is 10.2 Å². The molecule has 0 aromatic rings. The molecule has 1 fully saturated rings. The molecule has 0 aliphatic carbocycles. The van der Waals surface area contributed by atoms with Gasteiger partial charge in [0.25, 0.3) is 0 Å². The molecule has 1 rings (SSSR count). The Morgan fingerprint density at radius 2 is 2.12 bits per heavy atom. The van der Waals surface area contributed by atoms with Crippen molar-refractivity contribution in [2.24, 2.45) is 0 Å². The Morgan fingerprint density at radius 1 is 1.47 bits per heavy atom. The third-order valence-corrected chi connectivity index (χ3v) is 3.61. The van der Waals surface area contributed by atoms with Crippen LogP contribution in [0.1, 0.15) is 33.1 Å². The van der Waals surface area contributed by atoms with E-state index in [4.69, 9.17) is 4.74 Å². The highest BCUT2D eigenvalue weighted by Crippen LogP contribution is 2.15. The van der Waals surface area contributed by atoms with Crippen molar-refractivity contribution in [2.45, 2.75) is 44.8 Å². The SMILES string of the molecule is CCNC(C)(C#N)CCN1CCC(OC)CC1. The molecule has 1 aliphatic heterocycles. The van der Waals surface area contributed by atoms with Crippen molar-refractivity contribution in [3.05, 3.63) is 0 Å². The van der Waals surface area contributed by atoms with Gasteiger partial charge in [-0.1, -0.05) is 6.92 Å². The number of rotatable bonds is 6. The van der Waals surface area contributed by atoms with Crippen molar-refractivity contribution in [2.75, 3.05) is 33.3 Å². The zero-order valence-corrected chi connectivity index (χ0v) is 11.3. The minimum absolute atomic E-state index is 0.382. The summed E-state index contributed by atoms with van der Waals surface area (Å²) in [6.07, 6.45) is 3.54. The number of hydrogen-bond acceptors (Lipinski definition) is 4. The lowest BCUT2D eigenvalue weighted by atomic mass is 9.98. The maximum Gasteiger partial charge on any atom is 0.105 e. The first-order chi connectivity index (χ1) is 8.13. The summed E-state index contributed by atoms with van der Waals surface area (Å²) in [7, 11) is 1.79. The third-order valence-electron chi connectivity index (χ3n) is 3.61. The molecule has 0 bridgehead atoms. The van der Waals surface area contributed by atoms with E-state index in [9.17, 15) is 5.26 Å². The molecule has 0 amide bonds. The monoisotopic (exact) mass is 239 g/mol. The standard InChI is InChI=1S/C13H25N3O/c1-4-15-13(2,11-14)7-10-16-8-5-12(17-3)6-9-16/h12,15H,4-10H2,1-3H3. The fraction of sp³-hybridized carbons (Fsp3) is 0.923. The molecule has 1 aliphatic rings. The first kappa shape index (κ1) is 14.4. The number of nitrogens with one attached hydrogen (secondary N) is 1. The molecule has 0 spiro atoms. The van der Waals surface area contributed by atoms with Gasteiger partial charge < -0.3 is 9.64 Å². The predicted octanol–water partition coefficient (Wildman–Crippen LogP) is 1.38. The molecule has 4 nitrogen and oxygen atoms in total. The molecule has 98 valence electrons. The minimum atomic E-state index is -0.382. The summed E-state index contributed by atoms with van der Waals surface area (Å²) in [4.78, 5) is 2.43. The van der Waals surface area contributed by atoms with E-state index in [0.717, 1.165) is 45.4 Å². The number of methoxy groups -OCH3 is 1. The molecule has 4 heteroatoms. The second-order valence-corrected chi connectivity index (χ2v) is 5.00. The summed E-state index contributed by atoms with van der Waals surface area (Å²) < 4.78 is 5.35. The first-order valence-electron chi connectivity index (χ1n) is 6.55. The summed E-state index contributed by atoms with van der Waals surface area (Å²) in [5.74, 6) is 0. The van der Waals surface area contributed by atoms with Crippen LogP contribution < -0.4 is 5.32 Å². The Balaban J connectivity index is 2.29. The fourth-order valence-electron chi connectivity index (χ4n) is 2.32. The average molecular weight is 239 g/mol. The number of hydrogen-bond donors (Lipinski definition) is 1. The van der Waals surface area contributed by atoms with E-state index in [2.05, 4.69) is 16.3 Å². The lowest BCUT2D eigenvalue weighted by Gasteiger charge is -2.33. The Labute approximate surface area is 105 Å². The summed E-state index contributed by atoms with van der Waals surface area (Å²) in [5, 5.41) is 12.4. The smallest absolute Gasteiger partial charge is 0.105 e. The topological polar surface area (TPSA) is 48.3 Å². The van der Waals surface area contributed by atoms with Crippen molar-refractivity contribution in [1.29, 1.82) is 5.26 Å². The lowest BCUT2D eigenvalue weighted by molar-refractivity contribution is 0.0395. The Kier molecular flexibility index (Phi) is 5.90. The van der Waals surface area contributed by atoms with Crippen molar-refractivity contribution < 1.29 is 4.74 Å². The van der Waals surface area contributed by atoms with Gasteiger partial charge in [0.2, 0.25) is 0 Å². The fourth-order valence-corrected chi connectivity index (χ4v) is 2.32. The highest BCUT2D eigenvalue weighted by Gasteiger charge is 2.25. The van der Waals surface area contributed by atoms with E-state index in [0.29, 0.717) is 6.10 Å². The molecule has 1 saturated heterocycles. The highest BCUT2D eigenvalue weighted by molar-refractivity contribution is 5.03. The van der Waals surface area contributed by atoms with E-state index in [-0.39, 0.29) is 5.54 Å². The summed E-state index contributed by atoms with van der Waals surface area (Å²) in [5.41, 5.74) is -0.382. The van der Waals surface area contributed by atoms with Crippen LogP contribution in [-0.4, -0.2) is 49.8 Å². The van der Waals surface area contributed by atoms with Gasteiger partial charge in [0.05, 0.1) is 12.2 Å². The number of likely N-dealkylation sites (tertiary alicyclic amines) is 1. The third kappa shape index (κ3) is 4.63. The molecule has 0 saturated carbocycles. The van der Waals surface area contributed by atoms with Gasteiger partial charge in [-0.3, -0.25) is 5.32 Å². The average Bonchev–Trinajstić information content (AvgIpc) is 2.37. The van der Waals surface area contributed by atoms with Crippen LogP contribution in [0.4, 0.5) is 0 Å². The summed E-state index contributed by atoms with van der Waals surface area (Å²) in [6.45, 7) is 8.04. The normalized spacial score (nSPS) is 22.0. The Bertz CT molecular complexity index is 256. The van der Waals surface area contributed by atoms with E-state index in [1.165, 1.54) is 0 Å². The van der Waals surface area contributed by atoms with Crippen LogP contribution in [0.25, 0.3) is 0 Å². The van der Waals surface area contributed by atoms with Gasteiger partial charge in [-0.2, -0.15) is 5.26 Å². The van der Waals surface area contributed by atoms with Gasteiger partial charge in [-0.25, -0.2) is 0 Å². The highest BCUT2D eigenvalue weighted by atomic mass is 16.5. The van der Waals surface area contributed by atoms with Gasteiger partial charge in [-0.15, -0.1) is 0 Å². The predicted molar refractivity (Wildman–Crippen MR) is 68.8 cm³/mol. The lowest BCUT2D eigenvalue weighted by Crippen LogP contribution is -2.45. The second-order valence-electron chi connectivity index (χ2n) is 5.00. The maximum atomic E-state index is 9.17. The molecular formula is C13H25N3O. The van der Waals surface area contributed by atoms with Gasteiger partial charge in [0.15, 0.2) is 0 Å². The molecule has 1 unspecified atom stereocenters. The number of ether oxygens (including phenoxy) is 1. The quantitative estimate of drug-likeness (QED) is 0.761. The first-order valence-corrected chi connectivity index (χ1v) is 6.55. The van der Waals surface area contributed by atoms with Gasteiger partial charge >= 0.3 is 0 Å². The molecule has 1 atom stereocenters. The Hall–Kier alpha value is -0.630. The molecule has 17 heavy (non-hydrogen) atoms. The van der Waals surface area contributed by atoms with Crippen LogP contribution >= 0.6 is 0 Å². The van der Waals surface area contributed by atoms with Crippen LogP contribution in [0.15, 0.2) is 0 Å². The second kappa shape index (κ2) is 6.95. The van der Waals surface area contributed by atoms with E-state index in [1.807, 2.05) is 13.8 Å². The van der Waals surface area contributed by atoms with Crippen LogP contribution in [0.2, 0.25) is 0 Å². The van der Waals surface area contributed by atoms with E-state index >= 15 is 0 Å². The van der Waals surface area contributed by atoms with E-state index < -0.39 is 0 Å². The van der Waals surface area contributed by atoms with Gasteiger partial charge in [0.1, 0.15) is 5.54 Å². The molecule has 1 N–H and O–H groups in total. The molecule has 1 heterocycles. The maximum absolute atomic E-state index is 9.17. The van der Waals surface area contributed by atoms with Crippen LogP contribution in [-0.2, 0) is 4.74 Å². The molecular weight excluding hydrogens is 214 g/mol.